The van der Waals surface area contributed by atoms with Gasteiger partial charge in [-0.2, -0.15) is 0 Å². The fourth-order valence-electron chi connectivity index (χ4n) is 2.12. The van der Waals surface area contributed by atoms with Gasteiger partial charge in [0, 0.05) is 31.9 Å². The first kappa shape index (κ1) is 11.1. The van der Waals surface area contributed by atoms with Gasteiger partial charge in [0.1, 0.15) is 0 Å². The van der Waals surface area contributed by atoms with Gasteiger partial charge in [-0.15, -0.1) is 0 Å². The Morgan fingerprint density at radius 2 is 1.81 bits per heavy atom. The molecule has 1 aliphatic rings. The van der Waals surface area contributed by atoms with Crippen LogP contribution in [0.4, 0.5) is 0 Å². The standard InChI is InChI=1S/C12H16N2O2/c1-12(2,14(15)16)9-13-7-10-5-3-4-6-11(10)8-13/h3-6H,7-9H2,1-2H3. The summed E-state index contributed by atoms with van der Waals surface area (Å²) >= 11 is 0. The minimum Gasteiger partial charge on any atom is -0.288 e. The quantitative estimate of drug-likeness (QED) is 0.578. The van der Waals surface area contributed by atoms with Gasteiger partial charge < -0.3 is 0 Å². The van der Waals surface area contributed by atoms with Crippen LogP contribution in [0.2, 0.25) is 0 Å². The van der Waals surface area contributed by atoms with Crippen molar-refractivity contribution in [2.24, 2.45) is 0 Å². The van der Waals surface area contributed by atoms with Crippen molar-refractivity contribution in [3.8, 4) is 0 Å². The van der Waals surface area contributed by atoms with Gasteiger partial charge in [0.05, 0.1) is 6.54 Å². The zero-order valence-corrected chi connectivity index (χ0v) is 9.64. The zero-order valence-electron chi connectivity index (χ0n) is 9.64. The summed E-state index contributed by atoms with van der Waals surface area (Å²) in [7, 11) is 0. The molecule has 0 atom stereocenters. The molecule has 1 aliphatic heterocycles. The summed E-state index contributed by atoms with van der Waals surface area (Å²) < 4.78 is 0. The summed E-state index contributed by atoms with van der Waals surface area (Å²) in [4.78, 5) is 12.8. The number of benzene rings is 1. The molecule has 0 unspecified atom stereocenters. The van der Waals surface area contributed by atoms with Gasteiger partial charge in [-0.05, 0) is 11.1 Å². The smallest absolute Gasteiger partial charge is 0.229 e. The highest BCUT2D eigenvalue weighted by Crippen LogP contribution is 2.24. The molecule has 0 aliphatic carbocycles. The van der Waals surface area contributed by atoms with Crippen LogP contribution in [0, 0.1) is 10.1 Å². The van der Waals surface area contributed by atoms with Gasteiger partial charge in [-0.25, -0.2) is 0 Å². The molecule has 0 saturated heterocycles. The number of rotatable bonds is 3. The van der Waals surface area contributed by atoms with E-state index in [9.17, 15) is 10.1 Å². The van der Waals surface area contributed by atoms with Crippen LogP contribution in [0.3, 0.4) is 0 Å². The Hall–Kier alpha value is -1.42. The molecule has 0 aromatic heterocycles. The highest BCUT2D eigenvalue weighted by Gasteiger charge is 2.34. The van der Waals surface area contributed by atoms with E-state index in [1.807, 2.05) is 12.1 Å². The van der Waals surface area contributed by atoms with Crippen molar-refractivity contribution in [2.75, 3.05) is 6.54 Å². The summed E-state index contributed by atoms with van der Waals surface area (Å²) in [6.45, 7) is 5.50. The van der Waals surface area contributed by atoms with Gasteiger partial charge in [-0.1, -0.05) is 24.3 Å². The molecular formula is C12H16N2O2. The van der Waals surface area contributed by atoms with E-state index in [0.29, 0.717) is 6.54 Å². The third kappa shape index (κ3) is 2.07. The molecule has 4 heteroatoms. The van der Waals surface area contributed by atoms with Gasteiger partial charge in [0.2, 0.25) is 5.54 Å². The Morgan fingerprint density at radius 1 is 1.31 bits per heavy atom. The average Bonchev–Trinajstić information content (AvgIpc) is 2.58. The lowest BCUT2D eigenvalue weighted by Gasteiger charge is -2.22. The second-order valence-corrected chi connectivity index (χ2v) is 4.98. The lowest BCUT2D eigenvalue weighted by Crippen LogP contribution is -2.42. The summed E-state index contributed by atoms with van der Waals surface area (Å²) in [6.07, 6.45) is 0. The van der Waals surface area contributed by atoms with E-state index >= 15 is 0 Å². The third-order valence-electron chi connectivity index (χ3n) is 3.01. The maximum Gasteiger partial charge on any atom is 0.229 e. The largest absolute Gasteiger partial charge is 0.288 e. The zero-order chi connectivity index (χ0) is 11.8. The van der Waals surface area contributed by atoms with Crippen molar-refractivity contribution in [1.82, 2.24) is 4.90 Å². The molecule has 0 spiro atoms. The van der Waals surface area contributed by atoms with Crippen molar-refractivity contribution < 1.29 is 4.92 Å². The van der Waals surface area contributed by atoms with Crippen molar-refractivity contribution in [2.45, 2.75) is 32.5 Å². The second-order valence-electron chi connectivity index (χ2n) is 4.98. The first-order valence-electron chi connectivity index (χ1n) is 5.43. The Kier molecular flexibility index (Phi) is 2.68. The molecule has 86 valence electrons. The van der Waals surface area contributed by atoms with Crippen LogP contribution in [0.25, 0.3) is 0 Å². The van der Waals surface area contributed by atoms with Gasteiger partial charge >= 0.3 is 0 Å². The Bertz CT molecular complexity index is 390. The Morgan fingerprint density at radius 3 is 2.25 bits per heavy atom. The normalized spacial score (nSPS) is 16.1. The Labute approximate surface area is 95.0 Å². The van der Waals surface area contributed by atoms with Gasteiger partial charge in [0.25, 0.3) is 0 Å². The third-order valence-corrected chi connectivity index (χ3v) is 3.01. The van der Waals surface area contributed by atoms with Crippen LogP contribution in [0.5, 0.6) is 0 Å². The molecule has 0 bridgehead atoms. The summed E-state index contributed by atoms with van der Waals surface area (Å²) in [5.41, 5.74) is 1.71. The van der Waals surface area contributed by atoms with Crippen LogP contribution in [-0.4, -0.2) is 21.9 Å². The van der Waals surface area contributed by atoms with E-state index in [4.69, 9.17) is 0 Å². The predicted molar refractivity (Wildman–Crippen MR) is 61.6 cm³/mol. The van der Waals surface area contributed by atoms with Crippen LogP contribution in [0.15, 0.2) is 24.3 Å². The lowest BCUT2D eigenvalue weighted by molar-refractivity contribution is -0.561. The maximum atomic E-state index is 10.9. The first-order valence-corrected chi connectivity index (χ1v) is 5.43. The molecule has 1 aromatic carbocycles. The van der Waals surface area contributed by atoms with Crippen molar-refractivity contribution in [1.29, 1.82) is 0 Å². The fraction of sp³-hybridized carbons (Fsp3) is 0.500. The summed E-state index contributed by atoms with van der Waals surface area (Å²) in [5.74, 6) is 0. The van der Waals surface area contributed by atoms with Crippen molar-refractivity contribution in [3.63, 3.8) is 0 Å². The highest BCUT2D eigenvalue weighted by atomic mass is 16.6. The SMILES string of the molecule is CC(C)(CN1Cc2ccccc2C1)[N+](=O)[O-]. The van der Waals surface area contributed by atoms with Crippen molar-refractivity contribution in [3.05, 3.63) is 45.5 Å². The predicted octanol–water partition coefficient (Wildman–Crippen LogP) is 2.06. The molecule has 1 aromatic rings. The minimum atomic E-state index is -0.873. The molecule has 0 saturated carbocycles. The molecule has 0 radical (unpaired) electrons. The topological polar surface area (TPSA) is 46.4 Å². The molecule has 0 amide bonds. The molecule has 0 fully saturated rings. The van der Waals surface area contributed by atoms with E-state index < -0.39 is 5.54 Å². The van der Waals surface area contributed by atoms with Crippen LogP contribution in [0.1, 0.15) is 25.0 Å². The second kappa shape index (κ2) is 3.87. The number of fused-ring (bicyclic) bond motifs is 1. The van der Waals surface area contributed by atoms with E-state index in [-0.39, 0.29) is 4.92 Å². The molecular weight excluding hydrogens is 204 g/mol. The van der Waals surface area contributed by atoms with Crippen LogP contribution in [-0.2, 0) is 13.1 Å². The monoisotopic (exact) mass is 220 g/mol. The van der Waals surface area contributed by atoms with E-state index in [2.05, 4.69) is 17.0 Å². The van der Waals surface area contributed by atoms with E-state index in [1.165, 1.54) is 11.1 Å². The molecule has 4 nitrogen and oxygen atoms in total. The average molecular weight is 220 g/mol. The van der Waals surface area contributed by atoms with E-state index in [0.717, 1.165) is 13.1 Å². The summed E-state index contributed by atoms with van der Waals surface area (Å²) in [6, 6.07) is 8.21. The van der Waals surface area contributed by atoms with Gasteiger partial charge in [0.15, 0.2) is 0 Å². The summed E-state index contributed by atoms with van der Waals surface area (Å²) in [5, 5.41) is 10.9. The molecule has 1 heterocycles. The number of nitro groups is 1. The lowest BCUT2D eigenvalue weighted by atomic mass is 10.1. The highest BCUT2D eigenvalue weighted by molar-refractivity contribution is 5.30. The van der Waals surface area contributed by atoms with Crippen molar-refractivity contribution >= 4 is 0 Å². The van der Waals surface area contributed by atoms with Gasteiger partial charge in [-0.3, -0.25) is 15.0 Å². The fourth-order valence-corrected chi connectivity index (χ4v) is 2.12. The number of hydrogen-bond acceptors (Lipinski definition) is 3. The number of nitrogens with zero attached hydrogens (tertiary/aromatic N) is 2. The van der Waals surface area contributed by atoms with Crippen LogP contribution >= 0.6 is 0 Å². The molecule has 0 N–H and O–H groups in total. The minimum absolute atomic E-state index is 0.198. The van der Waals surface area contributed by atoms with Crippen LogP contribution < -0.4 is 0 Å². The maximum absolute atomic E-state index is 10.9. The molecule has 2 rings (SSSR count). The Balaban J connectivity index is 2.05. The van der Waals surface area contributed by atoms with E-state index in [1.54, 1.807) is 13.8 Å². The first-order chi connectivity index (χ1) is 7.49. The molecule has 16 heavy (non-hydrogen) atoms. The number of hydrogen-bond donors (Lipinski definition) is 0.